The topological polar surface area (TPSA) is 76.2 Å². The molecule has 2 aromatic rings. The summed E-state index contributed by atoms with van der Waals surface area (Å²) in [6, 6.07) is 0. The highest BCUT2D eigenvalue weighted by Crippen LogP contribution is 2.32. The number of aromatic carboxylic acids is 1. The molecule has 0 radical (unpaired) electrons. The number of rotatable bonds is 3. The van der Waals surface area contributed by atoms with Crippen molar-refractivity contribution in [2.45, 2.75) is 26.7 Å². The zero-order valence-corrected chi connectivity index (χ0v) is 10.5. The first-order valence-corrected chi connectivity index (χ1v) is 5.98. The summed E-state index contributed by atoms with van der Waals surface area (Å²) in [6.07, 6.45) is 1.62. The molecule has 0 amide bonds. The van der Waals surface area contributed by atoms with Crippen LogP contribution in [0.1, 0.15) is 40.9 Å². The smallest absolute Gasteiger partial charge is 0.341 e. The largest absolute Gasteiger partial charge is 0.477 e. The summed E-state index contributed by atoms with van der Waals surface area (Å²) < 4.78 is 5.13. The monoisotopic (exact) mass is 252 g/mol. The summed E-state index contributed by atoms with van der Waals surface area (Å²) >= 11 is 1.40. The van der Waals surface area contributed by atoms with Gasteiger partial charge >= 0.3 is 5.97 Å². The average Bonchev–Trinajstić information content (AvgIpc) is 2.82. The predicted octanol–water partition coefficient (Wildman–Crippen LogP) is 2.93. The Morgan fingerprint density at radius 1 is 1.53 bits per heavy atom. The Balaban J connectivity index is 2.59. The quantitative estimate of drug-likeness (QED) is 0.908. The Morgan fingerprint density at radius 2 is 2.24 bits per heavy atom. The molecule has 2 aromatic heterocycles. The van der Waals surface area contributed by atoms with Crippen molar-refractivity contribution >= 4 is 17.3 Å². The van der Waals surface area contributed by atoms with Gasteiger partial charge in [-0.2, -0.15) is 0 Å². The third-order valence-electron chi connectivity index (χ3n) is 2.31. The van der Waals surface area contributed by atoms with E-state index in [1.165, 1.54) is 11.3 Å². The number of hydrogen-bond donors (Lipinski definition) is 1. The number of aryl methyl sites for hydroxylation is 1. The molecule has 0 bridgehead atoms. The van der Waals surface area contributed by atoms with Crippen LogP contribution >= 0.6 is 11.3 Å². The van der Waals surface area contributed by atoms with Crippen molar-refractivity contribution in [3.63, 3.8) is 0 Å². The van der Waals surface area contributed by atoms with Gasteiger partial charge in [-0.25, -0.2) is 9.78 Å². The van der Waals surface area contributed by atoms with Crippen LogP contribution in [-0.4, -0.2) is 21.2 Å². The highest BCUT2D eigenvalue weighted by molar-refractivity contribution is 7.15. The predicted molar refractivity (Wildman–Crippen MR) is 63.4 cm³/mol. The van der Waals surface area contributed by atoms with Crippen LogP contribution in [0, 0.1) is 6.92 Å². The van der Waals surface area contributed by atoms with Crippen LogP contribution in [0.25, 0.3) is 10.6 Å². The zero-order chi connectivity index (χ0) is 12.6. The van der Waals surface area contributed by atoms with Crippen LogP contribution in [0.3, 0.4) is 0 Å². The van der Waals surface area contributed by atoms with Gasteiger partial charge in [0.1, 0.15) is 11.3 Å². The zero-order valence-electron chi connectivity index (χ0n) is 9.72. The molecule has 0 fully saturated rings. The van der Waals surface area contributed by atoms with Gasteiger partial charge < -0.3 is 9.63 Å². The van der Waals surface area contributed by atoms with Gasteiger partial charge in [-0.1, -0.05) is 19.0 Å². The maximum Gasteiger partial charge on any atom is 0.341 e. The fraction of sp³-hybridized carbons (Fsp3) is 0.364. The van der Waals surface area contributed by atoms with Crippen LogP contribution < -0.4 is 0 Å². The molecule has 17 heavy (non-hydrogen) atoms. The Bertz CT molecular complexity index is 557. The van der Waals surface area contributed by atoms with Gasteiger partial charge in [0.15, 0.2) is 5.76 Å². The lowest BCUT2D eigenvalue weighted by Crippen LogP contribution is -2.02. The molecular formula is C11H12N2O3S. The molecule has 90 valence electrons. The second-order valence-electron chi connectivity index (χ2n) is 3.97. The summed E-state index contributed by atoms with van der Waals surface area (Å²) in [5.74, 6) is -0.633. The van der Waals surface area contributed by atoms with Crippen molar-refractivity contribution in [1.29, 1.82) is 0 Å². The van der Waals surface area contributed by atoms with Crippen LogP contribution in [0.2, 0.25) is 0 Å². The molecule has 1 N–H and O–H groups in total. The molecule has 0 aliphatic heterocycles. The number of thiazole rings is 1. The summed E-state index contributed by atoms with van der Waals surface area (Å²) in [7, 11) is 0. The number of nitrogens with zero attached hydrogens (tertiary/aromatic N) is 2. The molecule has 0 spiro atoms. The summed E-state index contributed by atoms with van der Waals surface area (Å²) in [4.78, 5) is 16.1. The molecule has 0 saturated carbocycles. The van der Waals surface area contributed by atoms with E-state index in [0.29, 0.717) is 11.5 Å². The van der Waals surface area contributed by atoms with E-state index in [9.17, 15) is 9.90 Å². The van der Waals surface area contributed by atoms with E-state index >= 15 is 0 Å². The normalized spacial score (nSPS) is 11.1. The van der Waals surface area contributed by atoms with Crippen molar-refractivity contribution in [1.82, 2.24) is 10.1 Å². The highest BCUT2D eigenvalue weighted by Gasteiger charge is 2.26. The van der Waals surface area contributed by atoms with E-state index in [1.807, 2.05) is 20.8 Å². The molecule has 0 aromatic carbocycles. The van der Waals surface area contributed by atoms with Gasteiger partial charge in [-0.3, -0.25) is 0 Å². The third-order valence-corrected chi connectivity index (χ3v) is 3.23. The van der Waals surface area contributed by atoms with E-state index < -0.39 is 5.97 Å². The maximum atomic E-state index is 11.3. The first-order valence-electron chi connectivity index (χ1n) is 5.16. The lowest BCUT2D eigenvalue weighted by atomic mass is 10.0. The van der Waals surface area contributed by atoms with E-state index in [4.69, 9.17) is 4.52 Å². The average molecular weight is 252 g/mol. The molecule has 2 heterocycles. The standard InChI is InChI=1S/C11H12N2O3S/c1-5(2)10-8(11(14)15)9(13-16-10)7-4-12-6(3)17-7/h4-5H,1-3H3,(H,14,15). The molecule has 6 heteroatoms. The molecular weight excluding hydrogens is 240 g/mol. The minimum atomic E-state index is -1.02. The van der Waals surface area contributed by atoms with E-state index in [2.05, 4.69) is 10.1 Å². The summed E-state index contributed by atoms with van der Waals surface area (Å²) in [5.41, 5.74) is 0.510. The Morgan fingerprint density at radius 3 is 2.71 bits per heavy atom. The number of carboxylic acid groups (broad SMARTS) is 1. The molecule has 0 saturated heterocycles. The first kappa shape index (κ1) is 11.8. The summed E-state index contributed by atoms with van der Waals surface area (Å²) in [5, 5.41) is 14.0. The van der Waals surface area contributed by atoms with Crippen LogP contribution in [0.4, 0.5) is 0 Å². The molecule has 0 aliphatic rings. The van der Waals surface area contributed by atoms with Gasteiger partial charge in [0.05, 0.1) is 9.88 Å². The minimum absolute atomic E-state index is 0.0173. The van der Waals surface area contributed by atoms with Crippen LogP contribution in [0.5, 0.6) is 0 Å². The van der Waals surface area contributed by atoms with Crippen molar-refractivity contribution in [2.75, 3.05) is 0 Å². The van der Waals surface area contributed by atoms with E-state index in [1.54, 1.807) is 6.20 Å². The van der Waals surface area contributed by atoms with E-state index in [0.717, 1.165) is 9.88 Å². The first-order chi connectivity index (χ1) is 8.00. The SMILES string of the molecule is Cc1ncc(-c2noc(C(C)C)c2C(=O)O)s1. The molecule has 5 nitrogen and oxygen atoms in total. The fourth-order valence-corrected chi connectivity index (χ4v) is 2.31. The Kier molecular flexibility index (Phi) is 2.97. The Labute approximate surface area is 102 Å². The Hall–Kier alpha value is -1.69. The van der Waals surface area contributed by atoms with Crippen LogP contribution in [-0.2, 0) is 0 Å². The van der Waals surface area contributed by atoms with Gasteiger partial charge in [0.2, 0.25) is 0 Å². The molecule has 2 rings (SSSR count). The number of carboxylic acids is 1. The van der Waals surface area contributed by atoms with E-state index in [-0.39, 0.29) is 11.5 Å². The third kappa shape index (κ3) is 2.08. The van der Waals surface area contributed by atoms with Gasteiger partial charge in [-0.05, 0) is 6.92 Å². The lowest BCUT2D eigenvalue weighted by molar-refractivity contribution is 0.0694. The number of aromatic nitrogens is 2. The molecule has 0 unspecified atom stereocenters. The van der Waals surface area contributed by atoms with Gasteiger partial charge in [0.25, 0.3) is 0 Å². The fourth-order valence-electron chi connectivity index (χ4n) is 1.54. The van der Waals surface area contributed by atoms with Crippen molar-refractivity contribution in [2.24, 2.45) is 0 Å². The summed E-state index contributed by atoms with van der Waals surface area (Å²) in [6.45, 7) is 5.60. The van der Waals surface area contributed by atoms with Gasteiger partial charge in [0, 0.05) is 12.1 Å². The maximum absolute atomic E-state index is 11.3. The van der Waals surface area contributed by atoms with Crippen molar-refractivity contribution < 1.29 is 14.4 Å². The van der Waals surface area contributed by atoms with Crippen LogP contribution in [0.15, 0.2) is 10.7 Å². The highest BCUT2D eigenvalue weighted by atomic mass is 32.1. The van der Waals surface area contributed by atoms with Crippen molar-refractivity contribution in [3.8, 4) is 10.6 Å². The second-order valence-corrected chi connectivity index (χ2v) is 5.21. The lowest BCUT2D eigenvalue weighted by Gasteiger charge is -2.00. The number of carbonyl (C=O) groups is 1. The molecule has 0 aliphatic carbocycles. The number of hydrogen-bond acceptors (Lipinski definition) is 5. The second kappa shape index (κ2) is 4.29. The van der Waals surface area contributed by atoms with Gasteiger partial charge in [-0.15, -0.1) is 11.3 Å². The minimum Gasteiger partial charge on any atom is -0.477 e. The molecule has 0 atom stereocenters. The van der Waals surface area contributed by atoms with Crippen molar-refractivity contribution in [3.05, 3.63) is 22.5 Å².